The van der Waals surface area contributed by atoms with E-state index in [4.69, 9.17) is 0 Å². The molecule has 1 unspecified atom stereocenters. The molecule has 1 rings (SSSR count). The van der Waals surface area contributed by atoms with Crippen LogP contribution in [0.5, 0.6) is 0 Å². The first-order valence-electron chi connectivity index (χ1n) is 3.84. The zero-order valence-corrected chi connectivity index (χ0v) is 7.35. The normalized spacial score (nSPS) is 15.5. The molecule has 0 radical (unpaired) electrons. The molecule has 0 aliphatic rings. The van der Waals surface area contributed by atoms with Crippen molar-refractivity contribution in [1.29, 1.82) is 0 Å². The summed E-state index contributed by atoms with van der Waals surface area (Å²) in [5, 5.41) is 9.24. The molecule has 0 saturated heterocycles. The highest BCUT2D eigenvalue weighted by atomic mass is 19.4. The van der Waals surface area contributed by atoms with Crippen LogP contribution in [-0.2, 0) is 5.60 Å². The SMILES string of the molecule is C#CC(O)(c1ccc(F)cc1)C(F)(F)F. The summed E-state index contributed by atoms with van der Waals surface area (Å²) in [5.74, 6) is 0.554. The van der Waals surface area contributed by atoms with Crippen LogP contribution >= 0.6 is 0 Å². The fraction of sp³-hybridized carbons (Fsp3) is 0.200. The average Bonchev–Trinajstić information content (AvgIpc) is 2.16. The van der Waals surface area contributed by atoms with E-state index in [0.717, 1.165) is 24.3 Å². The zero-order valence-electron chi connectivity index (χ0n) is 7.35. The van der Waals surface area contributed by atoms with Gasteiger partial charge in [-0.2, -0.15) is 13.2 Å². The second-order valence-corrected chi connectivity index (χ2v) is 2.86. The number of halogens is 4. The molecule has 0 amide bonds. The minimum Gasteiger partial charge on any atom is -0.366 e. The summed E-state index contributed by atoms with van der Waals surface area (Å²) >= 11 is 0. The van der Waals surface area contributed by atoms with Crippen molar-refractivity contribution >= 4 is 0 Å². The van der Waals surface area contributed by atoms with Crippen molar-refractivity contribution in [2.45, 2.75) is 11.8 Å². The molecule has 0 aliphatic heterocycles. The van der Waals surface area contributed by atoms with Crippen molar-refractivity contribution in [2.24, 2.45) is 0 Å². The Kier molecular flexibility index (Phi) is 2.73. The van der Waals surface area contributed by atoms with Gasteiger partial charge in [-0.3, -0.25) is 0 Å². The van der Waals surface area contributed by atoms with Gasteiger partial charge < -0.3 is 5.11 Å². The molecule has 1 nitrogen and oxygen atoms in total. The third-order valence-corrected chi connectivity index (χ3v) is 1.88. The Morgan fingerprint density at radius 3 is 1.93 bits per heavy atom. The highest BCUT2D eigenvalue weighted by molar-refractivity contribution is 5.32. The van der Waals surface area contributed by atoms with Crippen LogP contribution in [0, 0.1) is 18.2 Å². The third-order valence-electron chi connectivity index (χ3n) is 1.88. The molecule has 5 heteroatoms. The van der Waals surface area contributed by atoms with Gasteiger partial charge >= 0.3 is 6.18 Å². The van der Waals surface area contributed by atoms with Gasteiger partial charge in [0.25, 0.3) is 0 Å². The second-order valence-electron chi connectivity index (χ2n) is 2.86. The van der Waals surface area contributed by atoms with Crippen LogP contribution in [0.25, 0.3) is 0 Å². The van der Waals surface area contributed by atoms with E-state index in [-0.39, 0.29) is 0 Å². The lowest BCUT2D eigenvalue weighted by molar-refractivity contribution is -0.240. The smallest absolute Gasteiger partial charge is 0.366 e. The van der Waals surface area contributed by atoms with E-state index in [0.29, 0.717) is 0 Å². The monoisotopic (exact) mass is 218 g/mol. The van der Waals surface area contributed by atoms with Gasteiger partial charge in [-0.15, -0.1) is 6.42 Å². The van der Waals surface area contributed by atoms with Crippen molar-refractivity contribution < 1.29 is 22.7 Å². The molecule has 1 N–H and O–H groups in total. The molecule has 0 spiro atoms. The molecule has 15 heavy (non-hydrogen) atoms. The van der Waals surface area contributed by atoms with Crippen molar-refractivity contribution in [1.82, 2.24) is 0 Å². The Morgan fingerprint density at radius 2 is 1.60 bits per heavy atom. The van der Waals surface area contributed by atoms with Crippen LogP contribution in [0.15, 0.2) is 24.3 Å². The second kappa shape index (κ2) is 3.55. The molecule has 0 bridgehead atoms. The fourth-order valence-corrected chi connectivity index (χ4v) is 1.02. The molecule has 0 fully saturated rings. The Hall–Kier alpha value is -1.54. The lowest BCUT2D eigenvalue weighted by atomic mass is 9.94. The average molecular weight is 218 g/mol. The van der Waals surface area contributed by atoms with Crippen LogP contribution in [0.3, 0.4) is 0 Å². The minimum atomic E-state index is -5.00. The molecule has 1 aromatic rings. The minimum absolute atomic E-state index is 0.584. The van der Waals surface area contributed by atoms with Crippen molar-refractivity contribution in [3.05, 3.63) is 35.6 Å². The lowest BCUT2D eigenvalue weighted by Gasteiger charge is -2.25. The Labute approximate surface area is 83.3 Å². The van der Waals surface area contributed by atoms with E-state index in [9.17, 15) is 22.7 Å². The number of alkyl halides is 3. The van der Waals surface area contributed by atoms with E-state index >= 15 is 0 Å². The molecule has 0 aliphatic carbocycles. The van der Waals surface area contributed by atoms with Crippen molar-refractivity contribution in [2.75, 3.05) is 0 Å². The van der Waals surface area contributed by atoms with Gasteiger partial charge in [0.05, 0.1) is 0 Å². The summed E-state index contributed by atoms with van der Waals surface area (Å²) in [7, 11) is 0. The Morgan fingerprint density at radius 1 is 1.13 bits per heavy atom. The van der Waals surface area contributed by atoms with E-state index in [2.05, 4.69) is 6.42 Å². The maximum absolute atomic E-state index is 12.5. The van der Waals surface area contributed by atoms with Crippen LogP contribution in [-0.4, -0.2) is 11.3 Å². The zero-order chi connectivity index (χ0) is 11.7. The van der Waals surface area contributed by atoms with Crippen LogP contribution < -0.4 is 0 Å². The van der Waals surface area contributed by atoms with E-state index in [1.54, 1.807) is 0 Å². The standard InChI is InChI=1S/C10H6F4O/c1-2-9(15,10(12,13)14)7-3-5-8(11)6-4-7/h1,3-6,15H. The van der Waals surface area contributed by atoms with Gasteiger partial charge in [-0.05, 0) is 12.1 Å². The number of rotatable bonds is 1. The molecule has 0 aromatic heterocycles. The maximum atomic E-state index is 12.5. The molecule has 0 heterocycles. The van der Waals surface area contributed by atoms with E-state index in [1.165, 1.54) is 5.92 Å². The fourth-order valence-electron chi connectivity index (χ4n) is 1.02. The Balaban J connectivity index is 3.26. The largest absolute Gasteiger partial charge is 0.433 e. The summed E-state index contributed by atoms with van der Waals surface area (Å²) in [6.45, 7) is 0. The van der Waals surface area contributed by atoms with Crippen LogP contribution in [0.2, 0.25) is 0 Å². The van der Waals surface area contributed by atoms with Gasteiger partial charge in [0.15, 0.2) is 0 Å². The molecule has 1 atom stereocenters. The molecular weight excluding hydrogens is 212 g/mol. The highest BCUT2D eigenvalue weighted by Crippen LogP contribution is 2.38. The predicted molar refractivity (Wildman–Crippen MR) is 45.2 cm³/mol. The number of benzene rings is 1. The highest BCUT2D eigenvalue weighted by Gasteiger charge is 2.54. The van der Waals surface area contributed by atoms with Crippen LogP contribution in [0.4, 0.5) is 17.6 Å². The predicted octanol–water partition coefficient (Wildman–Crippen LogP) is 2.21. The summed E-state index contributed by atoms with van der Waals surface area (Å²) in [6, 6.07) is 3.18. The molecule has 80 valence electrons. The first-order valence-corrected chi connectivity index (χ1v) is 3.84. The summed E-state index contributed by atoms with van der Waals surface area (Å²) in [5.41, 5.74) is -3.96. The van der Waals surface area contributed by atoms with Gasteiger partial charge in [0.1, 0.15) is 5.82 Å². The topological polar surface area (TPSA) is 20.2 Å². The van der Waals surface area contributed by atoms with Gasteiger partial charge in [-0.1, -0.05) is 18.1 Å². The number of hydrogen-bond donors (Lipinski definition) is 1. The number of hydrogen-bond acceptors (Lipinski definition) is 1. The number of terminal acetylenes is 1. The number of aliphatic hydroxyl groups is 1. The van der Waals surface area contributed by atoms with E-state index < -0.39 is 23.2 Å². The van der Waals surface area contributed by atoms with Gasteiger partial charge in [0, 0.05) is 5.56 Å². The maximum Gasteiger partial charge on any atom is 0.433 e. The van der Waals surface area contributed by atoms with Crippen molar-refractivity contribution in [3.8, 4) is 12.3 Å². The lowest BCUT2D eigenvalue weighted by Crippen LogP contribution is -2.40. The van der Waals surface area contributed by atoms with Gasteiger partial charge in [0.2, 0.25) is 5.60 Å². The van der Waals surface area contributed by atoms with Gasteiger partial charge in [-0.25, -0.2) is 4.39 Å². The van der Waals surface area contributed by atoms with Crippen LogP contribution in [0.1, 0.15) is 5.56 Å². The Bertz CT molecular complexity index is 387. The molecule has 1 aromatic carbocycles. The first kappa shape index (κ1) is 11.5. The quantitative estimate of drug-likeness (QED) is 0.566. The van der Waals surface area contributed by atoms with Crippen molar-refractivity contribution in [3.63, 3.8) is 0 Å². The summed E-state index contributed by atoms with van der Waals surface area (Å²) < 4.78 is 49.7. The summed E-state index contributed by atoms with van der Waals surface area (Å²) in [6.07, 6.45) is -0.351. The first-order chi connectivity index (χ1) is 6.81. The molecular formula is C10H6F4O. The van der Waals surface area contributed by atoms with E-state index in [1.807, 2.05) is 0 Å². The molecule has 0 saturated carbocycles. The third kappa shape index (κ3) is 1.95. The summed E-state index contributed by atoms with van der Waals surface area (Å²) in [4.78, 5) is 0.